The molecule has 106 valence electrons. The average Bonchev–Trinajstić information content (AvgIpc) is 2.89. The maximum Gasteiger partial charge on any atom is 0.325 e. The minimum absolute atomic E-state index is 0.170. The van der Waals surface area contributed by atoms with Crippen LogP contribution in [0.2, 0.25) is 0 Å². The number of unbranched alkanes of at least 4 members (excludes halogenated alkanes) is 2. The van der Waals surface area contributed by atoms with Gasteiger partial charge >= 0.3 is 5.97 Å². The summed E-state index contributed by atoms with van der Waals surface area (Å²) in [5.41, 5.74) is -0.574. The number of methoxy groups -OCH3 is 1. The van der Waals surface area contributed by atoms with Gasteiger partial charge in [-0.3, -0.25) is 10.1 Å². The van der Waals surface area contributed by atoms with Gasteiger partial charge in [0.15, 0.2) is 0 Å². The Hall–Kier alpha value is -0.610. The first-order chi connectivity index (χ1) is 8.62. The van der Waals surface area contributed by atoms with Crippen LogP contribution in [0.15, 0.2) is 0 Å². The van der Waals surface area contributed by atoms with Crippen LogP contribution in [0.25, 0.3) is 0 Å². The molecular formula is C14H27NO3. The summed E-state index contributed by atoms with van der Waals surface area (Å²) in [5, 5.41) is 3.35. The monoisotopic (exact) mass is 257 g/mol. The van der Waals surface area contributed by atoms with E-state index in [0.717, 1.165) is 51.7 Å². The second-order valence-electron chi connectivity index (χ2n) is 5.30. The van der Waals surface area contributed by atoms with Crippen LogP contribution in [0, 0.1) is 0 Å². The predicted octanol–water partition coefficient (Wildman–Crippen LogP) is 2.27. The highest BCUT2D eigenvalue weighted by Gasteiger charge is 2.34. The molecule has 2 unspecified atom stereocenters. The molecule has 1 rings (SSSR count). The minimum atomic E-state index is -0.574. The van der Waals surface area contributed by atoms with Crippen LogP contribution in [0.5, 0.6) is 0 Å². The maximum atomic E-state index is 11.9. The second-order valence-corrected chi connectivity index (χ2v) is 5.30. The molecule has 0 spiro atoms. The van der Waals surface area contributed by atoms with Crippen molar-refractivity contribution >= 4 is 5.97 Å². The summed E-state index contributed by atoms with van der Waals surface area (Å²) in [6, 6.07) is 0. The van der Waals surface area contributed by atoms with Crippen molar-refractivity contribution in [2.45, 2.75) is 64.0 Å². The highest BCUT2D eigenvalue weighted by atomic mass is 16.5. The molecule has 2 atom stereocenters. The highest BCUT2D eigenvalue weighted by molar-refractivity contribution is 5.80. The SMILES string of the molecule is CCCCCC(C)(NCC1CCCO1)C(=O)OC. The molecule has 18 heavy (non-hydrogen) atoms. The Morgan fingerprint density at radius 2 is 2.28 bits per heavy atom. The smallest absolute Gasteiger partial charge is 0.325 e. The molecular weight excluding hydrogens is 230 g/mol. The molecule has 4 nitrogen and oxygen atoms in total. The fourth-order valence-corrected chi connectivity index (χ4v) is 2.36. The molecule has 0 amide bonds. The van der Waals surface area contributed by atoms with Gasteiger partial charge < -0.3 is 9.47 Å². The van der Waals surface area contributed by atoms with Gasteiger partial charge in [-0.15, -0.1) is 0 Å². The highest BCUT2D eigenvalue weighted by Crippen LogP contribution is 2.18. The number of carbonyl (C=O) groups is 1. The van der Waals surface area contributed by atoms with Crippen molar-refractivity contribution in [2.24, 2.45) is 0 Å². The van der Waals surface area contributed by atoms with Gasteiger partial charge in [0.25, 0.3) is 0 Å². The van der Waals surface area contributed by atoms with Crippen LogP contribution in [0.1, 0.15) is 52.4 Å². The van der Waals surface area contributed by atoms with E-state index >= 15 is 0 Å². The zero-order valence-corrected chi connectivity index (χ0v) is 12.0. The molecule has 0 aromatic heterocycles. The number of hydrogen-bond acceptors (Lipinski definition) is 4. The van der Waals surface area contributed by atoms with Crippen LogP contribution >= 0.6 is 0 Å². The molecule has 0 bridgehead atoms. The Labute approximate surface area is 110 Å². The van der Waals surface area contributed by atoms with Gasteiger partial charge in [-0.2, -0.15) is 0 Å². The van der Waals surface area contributed by atoms with Crippen LogP contribution in [0.3, 0.4) is 0 Å². The van der Waals surface area contributed by atoms with E-state index in [2.05, 4.69) is 12.2 Å². The summed E-state index contributed by atoms with van der Waals surface area (Å²) in [6.45, 7) is 5.67. The maximum absolute atomic E-state index is 11.9. The van der Waals surface area contributed by atoms with Gasteiger partial charge in [0, 0.05) is 13.2 Å². The topological polar surface area (TPSA) is 47.6 Å². The van der Waals surface area contributed by atoms with E-state index in [1.54, 1.807) is 0 Å². The van der Waals surface area contributed by atoms with Crippen molar-refractivity contribution in [3.05, 3.63) is 0 Å². The lowest BCUT2D eigenvalue weighted by molar-refractivity contribution is -0.148. The summed E-state index contributed by atoms with van der Waals surface area (Å²) in [7, 11) is 1.45. The number of rotatable bonds is 8. The molecule has 0 aromatic rings. The first-order valence-electron chi connectivity index (χ1n) is 7.07. The summed E-state index contributed by atoms with van der Waals surface area (Å²) in [5.74, 6) is -0.170. The van der Waals surface area contributed by atoms with E-state index in [9.17, 15) is 4.79 Å². The van der Waals surface area contributed by atoms with Crippen LogP contribution < -0.4 is 5.32 Å². The molecule has 1 saturated heterocycles. The van der Waals surface area contributed by atoms with Crippen LogP contribution in [0.4, 0.5) is 0 Å². The Bertz CT molecular complexity index is 251. The number of esters is 1. The molecule has 0 aromatic carbocycles. The van der Waals surface area contributed by atoms with E-state index in [0.29, 0.717) is 0 Å². The van der Waals surface area contributed by atoms with E-state index in [1.165, 1.54) is 7.11 Å². The molecule has 1 aliphatic rings. The molecule has 0 radical (unpaired) electrons. The Morgan fingerprint density at radius 3 is 2.83 bits per heavy atom. The van der Waals surface area contributed by atoms with Gasteiger partial charge in [-0.25, -0.2) is 0 Å². The van der Waals surface area contributed by atoms with Gasteiger partial charge in [0.2, 0.25) is 0 Å². The zero-order chi connectivity index (χ0) is 13.4. The third-order valence-electron chi connectivity index (χ3n) is 3.66. The summed E-state index contributed by atoms with van der Waals surface area (Å²) in [6.07, 6.45) is 6.62. The van der Waals surface area contributed by atoms with Crippen LogP contribution in [-0.2, 0) is 14.3 Å². The Balaban J connectivity index is 2.44. The lowest BCUT2D eigenvalue weighted by Crippen LogP contribution is -2.52. The standard InChI is InChI=1S/C14H27NO3/c1-4-5-6-9-14(2,13(16)17-3)15-11-12-8-7-10-18-12/h12,15H,4-11H2,1-3H3. The minimum Gasteiger partial charge on any atom is -0.468 e. The number of carbonyl (C=O) groups excluding carboxylic acids is 1. The number of ether oxygens (including phenoxy) is 2. The van der Waals surface area contributed by atoms with Crippen molar-refractivity contribution in [3.63, 3.8) is 0 Å². The summed E-state index contributed by atoms with van der Waals surface area (Å²) >= 11 is 0. The lowest BCUT2D eigenvalue weighted by Gasteiger charge is -2.29. The molecule has 1 heterocycles. The number of hydrogen-bond donors (Lipinski definition) is 1. The fourth-order valence-electron chi connectivity index (χ4n) is 2.36. The van der Waals surface area contributed by atoms with E-state index in [4.69, 9.17) is 9.47 Å². The normalized spacial score (nSPS) is 22.7. The van der Waals surface area contributed by atoms with E-state index in [-0.39, 0.29) is 12.1 Å². The van der Waals surface area contributed by atoms with Crippen LogP contribution in [-0.4, -0.2) is 37.9 Å². The second kappa shape index (κ2) is 7.74. The molecule has 0 saturated carbocycles. The van der Waals surface area contributed by atoms with E-state index < -0.39 is 5.54 Å². The summed E-state index contributed by atoms with van der Waals surface area (Å²) < 4.78 is 10.5. The number of nitrogens with one attached hydrogen (secondary N) is 1. The van der Waals surface area contributed by atoms with Gasteiger partial charge in [0.1, 0.15) is 5.54 Å². The van der Waals surface area contributed by atoms with Gasteiger partial charge in [0.05, 0.1) is 13.2 Å². The predicted molar refractivity (Wildman–Crippen MR) is 71.5 cm³/mol. The van der Waals surface area contributed by atoms with E-state index in [1.807, 2.05) is 6.92 Å². The van der Waals surface area contributed by atoms with Gasteiger partial charge in [-0.1, -0.05) is 26.2 Å². The van der Waals surface area contributed by atoms with Crippen molar-refractivity contribution in [3.8, 4) is 0 Å². The lowest BCUT2D eigenvalue weighted by atomic mass is 9.94. The zero-order valence-electron chi connectivity index (χ0n) is 12.0. The van der Waals surface area contributed by atoms with Crippen molar-refractivity contribution in [1.82, 2.24) is 5.32 Å². The van der Waals surface area contributed by atoms with Crippen molar-refractivity contribution in [2.75, 3.05) is 20.3 Å². The molecule has 0 aliphatic carbocycles. The third kappa shape index (κ3) is 4.58. The fraction of sp³-hybridized carbons (Fsp3) is 0.929. The average molecular weight is 257 g/mol. The third-order valence-corrected chi connectivity index (χ3v) is 3.66. The Morgan fingerprint density at radius 1 is 1.50 bits per heavy atom. The molecule has 1 aliphatic heterocycles. The molecule has 4 heteroatoms. The van der Waals surface area contributed by atoms with Crippen molar-refractivity contribution < 1.29 is 14.3 Å². The molecule has 1 N–H and O–H groups in total. The molecule has 1 fully saturated rings. The van der Waals surface area contributed by atoms with Crippen molar-refractivity contribution in [1.29, 1.82) is 0 Å². The quantitative estimate of drug-likeness (QED) is 0.535. The largest absolute Gasteiger partial charge is 0.468 e. The Kier molecular flexibility index (Phi) is 6.65. The van der Waals surface area contributed by atoms with Gasteiger partial charge in [-0.05, 0) is 26.2 Å². The first-order valence-corrected chi connectivity index (χ1v) is 7.07. The first kappa shape index (κ1) is 15.4. The summed E-state index contributed by atoms with van der Waals surface area (Å²) in [4.78, 5) is 11.9.